The molecule has 2 amide bonds. The van der Waals surface area contributed by atoms with E-state index in [0.717, 1.165) is 0 Å². The van der Waals surface area contributed by atoms with Crippen molar-refractivity contribution >= 4 is 11.8 Å². The zero-order valence-electron chi connectivity index (χ0n) is 7.89. The van der Waals surface area contributed by atoms with E-state index in [9.17, 15) is 9.59 Å². The van der Waals surface area contributed by atoms with Crippen LogP contribution in [0, 0.1) is 0 Å². The Labute approximate surface area is 77.1 Å². The molecule has 0 aromatic heterocycles. The van der Waals surface area contributed by atoms with Gasteiger partial charge in [0.05, 0.1) is 6.04 Å². The molecule has 0 radical (unpaired) electrons. The number of nitrogens with two attached hydrogens (primary N) is 1. The van der Waals surface area contributed by atoms with Crippen LogP contribution < -0.4 is 16.4 Å². The maximum Gasteiger partial charge on any atom is 0.245 e. The van der Waals surface area contributed by atoms with Crippen molar-refractivity contribution in [3.8, 4) is 0 Å². The number of carbonyl (C=O) groups is 2. The van der Waals surface area contributed by atoms with Crippen molar-refractivity contribution in [1.82, 2.24) is 10.6 Å². The third kappa shape index (κ3) is 1.98. The van der Waals surface area contributed by atoms with Gasteiger partial charge in [-0.1, -0.05) is 0 Å². The first-order valence-corrected chi connectivity index (χ1v) is 4.31. The summed E-state index contributed by atoms with van der Waals surface area (Å²) in [4.78, 5) is 22.5. The fraction of sp³-hybridized carbons (Fsp3) is 0.750. The number of amides is 2. The first-order valence-electron chi connectivity index (χ1n) is 4.31. The Morgan fingerprint density at radius 3 is 2.31 bits per heavy atom. The van der Waals surface area contributed by atoms with Gasteiger partial charge >= 0.3 is 0 Å². The third-order valence-electron chi connectivity index (χ3n) is 2.19. The highest BCUT2D eigenvalue weighted by atomic mass is 16.2. The summed E-state index contributed by atoms with van der Waals surface area (Å²) in [6.45, 7) is 1.59. The van der Waals surface area contributed by atoms with E-state index >= 15 is 0 Å². The summed E-state index contributed by atoms with van der Waals surface area (Å²) in [5.74, 6) is -0.414. The second-order valence-electron chi connectivity index (χ2n) is 3.44. The number of nitrogens with one attached hydrogen (secondary N) is 2. The summed E-state index contributed by atoms with van der Waals surface area (Å²) in [6, 6.07) is -0.567. The molecule has 0 bridgehead atoms. The summed E-state index contributed by atoms with van der Waals surface area (Å²) in [7, 11) is 1.56. The molecule has 1 aliphatic rings. The molecule has 13 heavy (non-hydrogen) atoms. The van der Waals surface area contributed by atoms with Crippen molar-refractivity contribution in [2.45, 2.75) is 31.3 Å². The second kappa shape index (κ2) is 3.33. The van der Waals surface area contributed by atoms with Crippen molar-refractivity contribution in [3.05, 3.63) is 0 Å². The molecule has 4 N–H and O–H groups in total. The number of hydrogen-bond acceptors (Lipinski definition) is 3. The molecule has 0 heterocycles. The highest BCUT2D eigenvalue weighted by Crippen LogP contribution is 2.35. The monoisotopic (exact) mass is 185 g/mol. The molecular formula is C8H15N3O2. The molecule has 0 aromatic rings. The van der Waals surface area contributed by atoms with Gasteiger partial charge in [0.2, 0.25) is 11.8 Å². The van der Waals surface area contributed by atoms with Crippen LogP contribution in [-0.4, -0.2) is 30.4 Å². The van der Waals surface area contributed by atoms with Crippen LogP contribution in [-0.2, 0) is 9.59 Å². The quantitative estimate of drug-likeness (QED) is 0.512. The second-order valence-corrected chi connectivity index (χ2v) is 3.44. The van der Waals surface area contributed by atoms with E-state index in [1.54, 1.807) is 14.0 Å². The van der Waals surface area contributed by atoms with Crippen molar-refractivity contribution in [1.29, 1.82) is 0 Å². The van der Waals surface area contributed by atoms with E-state index in [2.05, 4.69) is 10.6 Å². The topological polar surface area (TPSA) is 84.2 Å². The zero-order chi connectivity index (χ0) is 10.1. The van der Waals surface area contributed by atoms with Gasteiger partial charge in [0.1, 0.15) is 5.54 Å². The molecule has 1 fully saturated rings. The Bertz CT molecular complexity index is 234. The largest absolute Gasteiger partial charge is 0.357 e. The highest BCUT2D eigenvalue weighted by Gasteiger charge is 2.50. The average molecular weight is 185 g/mol. The maximum atomic E-state index is 11.3. The van der Waals surface area contributed by atoms with Gasteiger partial charge in [0, 0.05) is 7.05 Å². The van der Waals surface area contributed by atoms with Crippen LogP contribution in [0.15, 0.2) is 0 Å². The molecule has 74 valence electrons. The lowest BCUT2D eigenvalue weighted by Gasteiger charge is -2.16. The van der Waals surface area contributed by atoms with Gasteiger partial charge in [0.25, 0.3) is 0 Å². The van der Waals surface area contributed by atoms with E-state index in [4.69, 9.17) is 5.73 Å². The number of hydrogen-bond donors (Lipinski definition) is 3. The van der Waals surface area contributed by atoms with Crippen LogP contribution in [0.4, 0.5) is 0 Å². The predicted molar refractivity (Wildman–Crippen MR) is 47.8 cm³/mol. The summed E-state index contributed by atoms with van der Waals surface area (Å²) in [5, 5.41) is 5.16. The fourth-order valence-electron chi connectivity index (χ4n) is 1.12. The van der Waals surface area contributed by atoms with Crippen LogP contribution >= 0.6 is 0 Å². The summed E-state index contributed by atoms with van der Waals surface area (Å²) in [5.41, 5.74) is 4.70. The molecule has 0 aromatic carbocycles. The van der Waals surface area contributed by atoms with Gasteiger partial charge in [-0.25, -0.2) is 0 Å². The van der Waals surface area contributed by atoms with Crippen molar-refractivity contribution in [3.63, 3.8) is 0 Å². The standard InChI is InChI=1S/C8H15N3O2/c1-5(9)6(12)11-8(3-4-8)7(13)10-2/h5H,3-4,9H2,1-2H3,(H,10,13)(H,11,12)/t5-/m0/s1. The average Bonchev–Trinajstić information content (AvgIpc) is 2.84. The van der Waals surface area contributed by atoms with Gasteiger partial charge in [0.15, 0.2) is 0 Å². The van der Waals surface area contributed by atoms with E-state index < -0.39 is 11.6 Å². The predicted octanol–water partition coefficient (Wildman–Crippen LogP) is -1.27. The molecule has 1 aliphatic carbocycles. The Kier molecular flexibility index (Phi) is 2.56. The Morgan fingerprint density at radius 2 is 2.00 bits per heavy atom. The zero-order valence-corrected chi connectivity index (χ0v) is 7.89. The Hall–Kier alpha value is -1.10. The minimum Gasteiger partial charge on any atom is -0.357 e. The molecule has 0 saturated heterocycles. The molecule has 0 unspecified atom stereocenters. The van der Waals surface area contributed by atoms with Gasteiger partial charge in [-0.05, 0) is 19.8 Å². The highest BCUT2D eigenvalue weighted by molar-refractivity contribution is 5.95. The van der Waals surface area contributed by atoms with E-state index in [0.29, 0.717) is 12.8 Å². The van der Waals surface area contributed by atoms with Crippen LogP contribution in [0.25, 0.3) is 0 Å². The van der Waals surface area contributed by atoms with E-state index in [1.165, 1.54) is 0 Å². The summed E-state index contributed by atoms with van der Waals surface area (Å²) in [6.07, 6.45) is 1.40. The lowest BCUT2D eigenvalue weighted by molar-refractivity contribution is -0.130. The lowest BCUT2D eigenvalue weighted by Crippen LogP contribution is -2.52. The van der Waals surface area contributed by atoms with Crippen molar-refractivity contribution < 1.29 is 9.59 Å². The van der Waals surface area contributed by atoms with Crippen molar-refractivity contribution in [2.75, 3.05) is 7.05 Å². The third-order valence-corrected chi connectivity index (χ3v) is 2.19. The Morgan fingerprint density at radius 1 is 1.46 bits per heavy atom. The molecule has 1 saturated carbocycles. The normalized spacial score (nSPS) is 20.2. The minimum atomic E-state index is -0.667. The van der Waals surface area contributed by atoms with Crippen LogP contribution in [0.2, 0.25) is 0 Å². The molecule has 1 atom stereocenters. The van der Waals surface area contributed by atoms with Crippen LogP contribution in [0.5, 0.6) is 0 Å². The van der Waals surface area contributed by atoms with Gasteiger partial charge < -0.3 is 16.4 Å². The minimum absolute atomic E-state index is 0.137. The lowest BCUT2D eigenvalue weighted by atomic mass is 10.2. The molecule has 5 heteroatoms. The number of carbonyl (C=O) groups excluding carboxylic acids is 2. The SMILES string of the molecule is CNC(=O)C1(NC(=O)[C@H](C)N)CC1. The van der Waals surface area contributed by atoms with Crippen molar-refractivity contribution in [2.24, 2.45) is 5.73 Å². The molecule has 5 nitrogen and oxygen atoms in total. The first kappa shape index (κ1) is 9.98. The smallest absolute Gasteiger partial charge is 0.245 e. The van der Waals surface area contributed by atoms with Gasteiger partial charge in [-0.2, -0.15) is 0 Å². The van der Waals surface area contributed by atoms with Gasteiger partial charge in [-0.3, -0.25) is 9.59 Å². The first-order chi connectivity index (χ1) is 6.02. The van der Waals surface area contributed by atoms with Crippen LogP contribution in [0.3, 0.4) is 0 Å². The number of likely N-dealkylation sites (N-methyl/N-ethyl adjacent to an activating group) is 1. The molecular weight excluding hydrogens is 170 g/mol. The van der Waals surface area contributed by atoms with E-state index in [1.807, 2.05) is 0 Å². The maximum absolute atomic E-state index is 11.3. The molecule has 0 spiro atoms. The van der Waals surface area contributed by atoms with E-state index in [-0.39, 0.29) is 11.8 Å². The molecule has 0 aliphatic heterocycles. The van der Waals surface area contributed by atoms with Crippen LogP contribution in [0.1, 0.15) is 19.8 Å². The fourth-order valence-corrected chi connectivity index (χ4v) is 1.12. The van der Waals surface area contributed by atoms with Gasteiger partial charge in [-0.15, -0.1) is 0 Å². The molecule has 1 rings (SSSR count). The summed E-state index contributed by atoms with van der Waals surface area (Å²) < 4.78 is 0. The summed E-state index contributed by atoms with van der Waals surface area (Å²) >= 11 is 0. The Balaban J connectivity index is 2.53. The number of rotatable bonds is 3.